The smallest absolute Gasteiger partial charge is 0.389 e. The van der Waals surface area contributed by atoms with Gasteiger partial charge in [0.1, 0.15) is 5.75 Å². The fraction of sp³-hybridized carbons (Fsp3) is 0.280. The lowest BCUT2D eigenvalue weighted by atomic mass is 9.85. The minimum atomic E-state index is -4.23. The molecular weight excluding hydrogens is 543 g/mol. The number of para-hydroxylation sites is 2. The number of carbonyl (C=O) groups is 1. The van der Waals surface area contributed by atoms with E-state index in [-0.39, 0.29) is 17.9 Å². The second kappa shape index (κ2) is 11.7. The third-order valence-corrected chi connectivity index (χ3v) is 7.10. The van der Waals surface area contributed by atoms with Crippen LogP contribution in [0.15, 0.2) is 75.0 Å². The first-order valence-electron chi connectivity index (χ1n) is 10.6. The van der Waals surface area contributed by atoms with E-state index in [1.807, 2.05) is 24.3 Å². The Bertz CT molecular complexity index is 1200. The van der Waals surface area contributed by atoms with Crippen molar-refractivity contribution in [3.8, 4) is 5.75 Å². The van der Waals surface area contributed by atoms with E-state index in [0.717, 1.165) is 11.8 Å². The molecule has 10 heteroatoms. The summed E-state index contributed by atoms with van der Waals surface area (Å²) in [5.41, 5.74) is 2.30. The SMILES string of the molecule is [C-]#[N+]C1=C(SCCCC(F)(F)F)NC(C)=C(C(=O)Nc2ccccc2OC)C1c1ccccc1Br. The number of nitrogens with zero attached hydrogens (tertiary/aromatic N) is 1. The standard InChI is InChI=1S/C25H23BrF3N3O2S/c1-15-20(23(33)32-18-11-6-7-12-19(18)34-3)21(16-9-4-5-10-17(16)26)22(30-2)24(31-15)35-14-8-13-25(27,28)29/h4-7,9-12,21,31H,8,13-14H2,1,3H3,(H,32,33). The molecule has 1 heterocycles. The van der Waals surface area contributed by atoms with Crippen molar-refractivity contribution in [2.45, 2.75) is 31.9 Å². The first-order chi connectivity index (χ1) is 16.7. The van der Waals surface area contributed by atoms with Crippen LogP contribution in [0.1, 0.15) is 31.2 Å². The maximum Gasteiger partial charge on any atom is 0.389 e. The van der Waals surface area contributed by atoms with Crippen molar-refractivity contribution < 1.29 is 22.7 Å². The van der Waals surface area contributed by atoms with Crippen molar-refractivity contribution in [1.82, 2.24) is 5.32 Å². The van der Waals surface area contributed by atoms with Gasteiger partial charge in [-0.3, -0.25) is 4.79 Å². The Kier molecular flexibility index (Phi) is 8.92. The quantitative estimate of drug-likeness (QED) is 0.262. The summed E-state index contributed by atoms with van der Waals surface area (Å²) >= 11 is 4.68. The molecule has 1 unspecified atom stereocenters. The number of carbonyl (C=O) groups excluding carboxylic acids is 1. The summed E-state index contributed by atoms with van der Waals surface area (Å²) in [4.78, 5) is 17.3. The molecule has 2 N–H and O–H groups in total. The molecule has 0 aliphatic carbocycles. The van der Waals surface area contributed by atoms with Gasteiger partial charge in [0.05, 0.1) is 30.3 Å². The average molecular weight is 566 g/mol. The van der Waals surface area contributed by atoms with Crippen LogP contribution in [-0.2, 0) is 4.79 Å². The van der Waals surface area contributed by atoms with Gasteiger partial charge in [0, 0.05) is 22.2 Å². The van der Waals surface area contributed by atoms with Crippen LogP contribution < -0.4 is 15.4 Å². The van der Waals surface area contributed by atoms with Crippen molar-refractivity contribution in [3.05, 3.63) is 92.0 Å². The zero-order valence-corrected chi connectivity index (χ0v) is 21.4. The molecule has 0 saturated heterocycles. The molecule has 0 saturated carbocycles. The number of amides is 1. The Morgan fingerprint density at radius 2 is 1.91 bits per heavy atom. The van der Waals surface area contributed by atoms with Gasteiger partial charge in [-0.05, 0) is 42.9 Å². The number of hydrogen-bond acceptors (Lipinski definition) is 4. The Balaban J connectivity index is 1.99. The number of benzene rings is 2. The fourth-order valence-corrected chi connectivity index (χ4v) is 5.25. The number of nitrogens with one attached hydrogen (secondary N) is 2. The predicted octanol–water partition coefficient (Wildman–Crippen LogP) is 7.22. The lowest BCUT2D eigenvalue weighted by molar-refractivity contribution is -0.134. The Morgan fingerprint density at radius 1 is 1.23 bits per heavy atom. The van der Waals surface area contributed by atoms with Crippen LogP contribution in [0.4, 0.5) is 18.9 Å². The molecular formula is C25H23BrF3N3O2S. The Hall–Kier alpha value is -2.90. The van der Waals surface area contributed by atoms with Crippen LogP contribution in [0.5, 0.6) is 5.75 Å². The van der Waals surface area contributed by atoms with E-state index in [2.05, 4.69) is 31.4 Å². The third kappa shape index (κ3) is 6.61. The molecule has 1 amide bonds. The molecule has 0 fully saturated rings. The maximum atomic E-state index is 13.5. The number of thioether (sulfide) groups is 1. The number of alkyl halides is 3. The number of allylic oxidation sites excluding steroid dienone is 2. The summed E-state index contributed by atoms with van der Waals surface area (Å²) in [6, 6.07) is 14.3. The summed E-state index contributed by atoms with van der Waals surface area (Å²) < 4.78 is 43.8. The Labute approximate surface area is 214 Å². The lowest BCUT2D eigenvalue weighted by Gasteiger charge is -2.30. The van der Waals surface area contributed by atoms with Crippen LogP contribution >= 0.6 is 27.7 Å². The summed E-state index contributed by atoms with van der Waals surface area (Å²) in [5.74, 6) is -0.464. The van der Waals surface area contributed by atoms with E-state index < -0.39 is 24.4 Å². The monoisotopic (exact) mass is 565 g/mol. The van der Waals surface area contributed by atoms with Gasteiger partial charge in [0.2, 0.25) is 5.70 Å². The number of dihydropyridines is 1. The van der Waals surface area contributed by atoms with Crippen molar-refractivity contribution in [2.75, 3.05) is 18.2 Å². The maximum absolute atomic E-state index is 13.5. The molecule has 1 aliphatic rings. The van der Waals surface area contributed by atoms with Crippen LogP contribution in [-0.4, -0.2) is 24.9 Å². The van der Waals surface area contributed by atoms with Crippen LogP contribution in [0.25, 0.3) is 4.85 Å². The van der Waals surface area contributed by atoms with Crippen molar-refractivity contribution in [3.63, 3.8) is 0 Å². The zero-order chi connectivity index (χ0) is 25.6. The molecule has 0 spiro atoms. The van der Waals surface area contributed by atoms with Gasteiger partial charge in [-0.25, -0.2) is 4.85 Å². The molecule has 35 heavy (non-hydrogen) atoms. The number of halogens is 4. The number of hydrogen-bond donors (Lipinski definition) is 2. The van der Waals surface area contributed by atoms with Gasteiger partial charge in [0.15, 0.2) is 0 Å². The first-order valence-corrected chi connectivity index (χ1v) is 12.4. The molecule has 184 valence electrons. The van der Waals surface area contributed by atoms with Crippen molar-refractivity contribution >= 4 is 39.3 Å². The number of methoxy groups -OCH3 is 1. The number of rotatable bonds is 8. The number of anilines is 1. The molecule has 1 atom stereocenters. The van der Waals surface area contributed by atoms with E-state index in [0.29, 0.717) is 37.8 Å². The Morgan fingerprint density at radius 3 is 2.57 bits per heavy atom. The summed E-state index contributed by atoms with van der Waals surface area (Å²) in [5, 5.41) is 6.43. The molecule has 2 aromatic carbocycles. The van der Waals surface area contributed by atoms with Crippen LogP contribution in [0, 0.1) is 6.57 Å². The highest BCUT2D eigenvalue weighted by Crippen LogP contribution is 2.44. The molecule has 1 aliphatic heterocycles. The first kappa shape index (κ1) is 26.7. The summed E-state index contributed by atoms with van der Waals surface area (Å²) in [7, 11) is 1.50. The van der Waals surface area contributed by atoms with Crippen molar-refractivity contribution in [1.29, 1.82) is 0 Å². The van der Waals surface area contributed by atoms with Crippen LogP contribution in [0.2, 0.25) is 0 Å². The topological polar surface area (TPSA) is 54.7 Å². The van der Waals surface area contributed by atoms with E-state index in [4.69, 9.17) is 11.3 Å². The molecule has 0 radical (unpaired) electrons. The molecule has 5 nitrogen and oxygen atoms in total. The minimum Gasteiger partial charge on any atom is -0.495 e. The summed E-state index contributed by atoms with van der Waals surface area (Å²) in [6.45, 7) is 9.60. The van der Waals surface area contributed by atoms with E-state index in [9.17, 15) is 18.0 Å². The highest BCUT2D eigenvalue weighted by molar-refractivity contribution is 9.10. The van der Waals surface area contributed by atoms with Gasteiger partial charge in [-0.15, -0.1) is 11.8 Å². The van der Waals surface area contributed by atoms with Gasteiger partial charge < -0.3 is 15.4 Å². The molecule has 0 aromatic heterocycles. The highest BCUT2D eigenvalue weighted by atomic mass is 79.9. The second-order valence-electron chi connectivity index (χ2n) is 7.67. The van der Waals surface area contributed by atoms with Gasteiger partial charge in [-0.2, -0.15) is 13.2 Å². The van der Waals surface area contributed by atoms with E-state index in [1.165, 1.54) is 7.11 Å². The van der Waals surface area contributed by atoms with Gasteiger partial charge >= 0.3 is 6.18 Å². The highest BCUT2D eigenvalue weighted by Gasteiger charge is 2.36. The normalized spacial score (nSPS) is 16.0. The summed E-state index contributed by atoms with van der Waals surface area (Å²) in [6.07, 6.45) is -5.20. The van der Waals surface area contributed by atoms with E-state index >= 15 is 0 Å². The zero-order valence-electron chi connectivity index (χ0n) is 19.0. The molecule has 2 aromatic rings. The van der Waals surface area contributed by atoms with Crippen LogP contribution in [0.3, 0.4) is 0 Å². The molecule has 0 bridgehead atoms. The third-order valence-electron chi connectivity index (χ3n) is 5.29. The number of ether oxygens (including phenoxy) is 1. The van der Waals surface area contributed by atoms with Gasteiger partial charge in [-0.1, -0.05) is 46.3 Å². The van der Waals surface area contributed by atoms with Crippen molar-refractivity contribution in [2.24, 2.45) is 0 Å². The lowest BCUT2D eigenvalue weighted by Crippen LogP contribution is -2.30. The largest absolute Gasteiger partial charge is 0.495 e. The predicted molar refractivity (Wildman–Crippen MR) is 136 cm³/mol. The second-order valence-corrected chi connectivity index (χ2v) is 9.63. The fourth-order valence-electron chi connectivity index (χ4n) is 3.71. The molecule has 3 rings (SSSR count). The average Bonchev–Trinajstić information content (AvgIpc) is 2.81. The minimum absolute atomic E-state index is 0.0752. The van der Waals surface area contributed by atoms with Gasteiger partial charge in [0.25, 0.3) is 5.91 Å². The van der Waals surface area contributed by atoms with E-state index in [1.54, 1.807) is 31.2 Å².